The molecule has 0 saturated carbocycles. The fraction of sp³-hybridized carbons (Fsp3) is 0.700. The van der Waals surface area contributed by atoms with Crippen LogP contribution >= 0.6 is 11.8 Å². The molecule has 0 bridgehead atoms. The summed E-state index contributed by atoms with van der Waals surface area (Å²) in [4.78, 5) is 0. The van der Waals surface area contributed by atoms with Crippen LogP contribution in [0.5, 0.6) is 0 Å². The third kappa shape index (κ3) is 1.57. The molecule has 2 heterocycles. The van der Waals surface area contributed by atoms with Gasteiger partial charge in [-0.1, -0.05) is 6.92 Å². The fourth-order valence-corrected chi connectivity index (χ4v) is 3.16. The van der Waals surface area contributed by atoms with Gasteiger partial charge in [0.2, 0.25) is 0 Å². The molecule has 2 atom stereocenters. The maximum atomic E-state index is 10.6. The van der Waals surface area contributed by atoms with Crippen molar-refractivity contribution < 1.29 is 5.11 Å². The van der Waals surface area contributed by atoms with E-state index in [4.69, 9.17) is 0 Å². The minimum Gasteiger partial charge on any atom is -0.384 e. The summed E-state index contributed by atoms with van der Waals surface area (Å²) in [5.74, 6) is 1.16. The van der Waals surface area contributed by atoms with Crippen molar-refractivity contribution in [2.24, 2.45) is 7.05 Å². The van der Waals surface area contributed by atoms with E-state index >= 15 is 0 Å². The van der Waals surface area contributed by atoms with Crippen LogP contribution in [0.4, 0.5) is 0 Å². The molecule has 14 heavy (non-hydrogen) atoms. The van der Waals surface area contributed by atoms with Crippen molar-refractivity contribution in [3.63, 3.8) is 0 Å². The molecule has 1 fully saturated rings. The molecule has 4 heteroatoms. The molecule has 3 nitrogen and oxygen atoms in total. The van der Waals surface area contributed by atoms with Gasteiger partial charge in [-0.25, -0.2) is 0 Å². The van der Waals surface area contributed by atoms with Gasteiger partial charge in [-0.2, -0.15) is 16.9 Å². The third-order valence-corrected chi connectivity index (χ3v) is 4.36. The zero-order valence-corrected chi connectivity index (χ0v) is 9.42. The molecule has 1 aliphatic heterocycles. The monoisotopic (exact) mass is 212 g/mol. The number of aryl methyl sites for hydroxylation is 1. The van der Waals surface area contributed by atoms with Gasteiger partial charge in [0.15, 0.2) is 0 Å². The lowest BCUT2D eigenvalue weighted by atomic mass is 9.88. The standard InChI is InChI=1S/C10H16N2OS/c1-8-10(13,4-3-5-14-8)9-6-11-12(2)7-9/h6-8,13H,3-5H2,1-2H3. The fourth-order valence-electron chi connectivity index (χ4n) is 1.97. The van der Waals surface area contributed by atoms with Gasteiger partial charge >= 0.3 is 0 Å². The minimum absolute atomic E-state index is 0.264. The normalized spacial score (nSPS) is 33.2. The van der Waals surface area contributed by atoms with Crippen LogP contribution in [0.3, 0.4) is 0 Å². The first-order chi connectivity index (χ1) is 6.63. The Morgan fingerprint density at radius 3 is 3.07 bits per heavy atom. The van der Waals surface area contributed by atoms with E-state index in [0.717, 1.165) is 24.2 Å². The van der Waals surface area contributed by atoms with E-state index in [2.05, 4.69) is 12.0 Å². The van der Waals surface area contributed by atoms with Crippen LogP contribution in [-0.4, -0.2) is 25.9 Å². The van der Waals surface area contributed by atoms with Crippen molar-refractivity contribution in [1.29, 1.82) is 0 Å². The summed E-state index contributed by atoms with van der Waals surface area (Å²) in [6, 6.07) is 0. The van der Waals surface area contributed by atoms with E-state index in [9.17, 15) is 5.11 Å². The molecule has 2 rings (SSSR count). The highest BCUT2D eigenvalue weighted by atomic mass is 32.2. The van der Waals surface area contributed by atoms with E-state index in [1.165, 1.54) is 0 Å². The van der Waals surface area contributed by atoms with Gasteiger partial charge in [-0.05, 0) is 18.6 Å². The molecule has 1 aliphatic rings. The summed E-state index contributed by atoms with van der Waals surface area (Å²) >= 11 is 1.84. The van der Waals surface area contributed by atoms with Crippen LogP contribution in [0.15, 0.2) is 12.4 Å². The van der Waals surface area contributed by atoms with Crippen molar-refractivity contribution in [3.8, 4) is 0 Å². The Kier molecular flexibility index (Phi) is 2.58. The largest absolute Gasteiger partial charge is 0.384 e. The number of hydrogen-bond acceptors (Lipinski definition) is 3. The van der Waals surface area contributed by atoms with Crippen LogP contribution in [-0.2, 0) is 12.6 Å². The molecule has 1 aromatic rings. The van der Waals surface area contributed by atoms with Crippen LogP contribution in [0.1, 0.15) is 25.3 Å². The molecule has 1 N–H and O–H groups in total. The van der Waals surface area contributed by atoms with Gasteiger partial charge in [0, 0.05) is 24.1 Å². The molecular formula is C10H16N2OS. The molecular weight excluding hydrogens is 196 g/mol. The molecule has 0 radical (unpaired) electrons. The molecule has 78 valence electrons. The average Bonchev–Trinajstić information content (AvgIpc) is 2.58. The Morgan fingerprint density at radius 1 is 1.71 bits per heavy atom. The van der Waals surface area contributed by atoms with Gasteiger partial charge in [0.25, 0.3) is 0 Å². The Bertz CT molecular complexity index is 326. The van der Waals surface area contributed by atoms with Crippen molar-refractivity contribution >= 4 is 11.8 Å². The van der Waals surface area contributed by atoms with Crippen molar-refractivity contribution in [2.75, 3.05) is 5.75 Å². The first kappa shape index (κ1) is 10.1. The molecule has 1 saturated heterocycles. The first-order valence-electron chi connectivity index (χ1n) is 4.96. The van der Waals surface area contributed by atoms with Gasteiger partial charge < -0.3 is 5.11 Å². The number of aliphatic hydroxyl groups is 1. The Labute approximate surface area is 88.5 Å². The summed E-state index contributed by atoms with van der Waals surface area (Å²) in [5, 5.41) is 14.9. The quantitative estimate of drug-likeness (QED) is 0.767. The number of thioether (sulfide) groups is 1. The third-order valence-electron chi connectivity index (χ3n) is 2.95. The van der Waals surface area contributed by atoms with Gasteiger partial charge in [-0.15, -0.1) is 0 Å². The molecule has 2 unspecified atom stereocenters. The lowest BCUT2D eigenvalue weighted by Crippen LogP contribution is -2.38. The average molecular weight is 212 g/mol. The minimum atomic E-state index is -0.669. The number of hydrogen-bond donors (Lipinski definition) is 1. The summed E-state index contributed by atoms with van der Waals surface area (Å²) in [7, 11) is 1.88. The van der Waals surface area contributed by atoms with Crippen molar-refractivity contribution in [2.45, 2.75) is 30.6 Å². The maximum absolute atomic E-state index is 10.6. The van der Waals surface area contributed by atoms with Gasteiger partial charge in [0.1, 0.15) is 5.60 Å². The number of aromatic nitrogens is 2. The smallest absolute Gasteiger partial charge is 0.104 e. The predicted molar refractivity (Wildman–Crippen MR) is 58.3 cm³/mol. The van der Waals surface area contributed by atoms with Crippen LogP contribution < -0.4 is 0 Å². The highest BCUT2D eigenvalue weighted by molar-refractivity contribution is 8.00. The van der Waals surface area contributed by atoms with Crippen molar-refractivity contribution in [1.82, 2.24) is 9.78 Å². The van der Waals surface area contributed by atoms with Gasteiger partial charge in [-0.3, -0.25) is 4.68 Å². The van der Waals surface area contributed by atoms with E-state index in [1.54, 1.807) is 10.9 Å². The number of rotatable bonds is 1. The van der Waals surface area contributed by atoms with Crippen LogP contribution in [0.2, 0.25) is 0 Å². The zero-order chi connectivity index (χ0) is 10.2. The maximum Gasteiger partial charge on any atom is 0.104 e. The predicted octanol–water partition coefficient (Wildman–Crippen LogP) is 1.52. The van der Waals surface area contributed by atoms with Gasteiger partial charge in [0.05, 0.1) is 6.20 Å². The molecule has 0 spiro atoms. The summed E-state index contributed by atoms with van der Waals surface area (Å²) in [6.07, 6.45) is 5.64. The number of nitrogens with zero attached hydrogens (tertiary/aromatic N) is 2. The SMILES string of the molecule is CC1SCCCC1(O)c1cnn(C)c1. The lowest BCUT2D eigenvalue weighted by molar-refractivity contribution is 0.0253. The second-order valence-corrected chi connectivity index (χ2v) is 5.39. The Balaban J connectivity index is 2.29. The lowest BCUT2D eigenvalue weighted by Gasteiger charge is -2.36. The van der Waals surface area contributed by atoms with E-state index in [0.29, 0.717) is 0 Å². The van der Waals surface area contributed by atoms with Crippen LogP contribution in [0.25, 0.3) is 0 Å². The molecule has 0 amide bonds. The Hall–Kier alpha value is -0.480. The van der Waals surface area contributed by atoms with Crippen molar-refractivity contribution in [3.05, 3.63) is 18.0 Å². The molecule has 0 aromatic carbocycles. The molecule has 1 aromatic heterocycles. The topological polar surface area (TPSA) is 38.1 Å². The summed E-state index contributed by atoms with van der Waals surface area (Å²) in [5.41, 5.74) is 0.289. The second-order valence-electron chi connectivity index (χ2n) is 3.94. The summed E-state index contributed by atoms with van der Waals surface area (Å²) in [6.45, 7) is 2.09. The van der Waals surface area contributed by atoms with E-state index in [1.807, 2.05) is 25.0 Å². The Morgan fingerprint density at radius 2 is 2.50 bits per heavy atom. The highest BCUT2D eigenvalue weighted by Crippen LogP contribution is 2.40. The first-order valence-corrected chi connectivity index (χ1v) is 6.01. The van der Waals surface area contributed by atoms with Crippen LogP contribution in [0, 0.1) is 0 Å². The van der Waals surface area contributed by atoms with E-state index in [-0.39, 0.29) is 5.25 Å². The van der Waals surface area contributed by atoms with E-state index < -0.39 is 5.60 Å². The zero-order valence-electron chi connectivity index (χ0n) is 8.60. The molecule has 0 aliphatic carbocycles. The summed E-state index contributed by atoms with van der Waals surface area (Å²) < 4.78 is 1.75. The highest BCUT2D eigenvalue weighted by Gasteiger charge is 2.39. The second kappa shape index (κ2) is 3.59.